The Hall–Kier alpha value is -3.08. The highest BCUT2D eigenvalue weighted by Gasteiger charge is 2.18. The summed E-state index contributed by atoms with van der Waals surface area (Å²) in [6, 6.07) is 16.9. The van der Waals surface area contributed by atoms with Gasteiger partial charge in [0.25, 0.3) is 5.91 Å². The second kappa shape index (κ2) is 5.85. The van der Waals surface area contributed by atoms with Crippen molar-refractivity contribution in [1.29, 1.82) is 0 Å². The molecule has 24 heavy (non-hydrogen) atoms. The first-order valence-electron chi connectivity index (χ1n) is 7.77. The Morgan fingerprint density at radius 1 is 1.08 bits per heavy atom. The Balaban J connectivity index is 1.54. The third kappa shape index (κ3) is 2.65. The van der Waals surface area contributed by atoms with Gasteiger partial charge in [-0.05, 0) is 36.8 Å². The Morgan fingerprint density at radius 2 is 1.92 bits per heavy atom. The zero-order valence-corrected chi connectivity index (χ0v) is 13.2. The molecule has 0 unspecified atom stereocenters. The third-order valence-electron chi connectivity index (χ3n) is 4.08. The molecule has 0 saturated heterocycles. The maximum absolute atomic E-state index is 12.5. The smallest absolute Gasteiger partial charge is 0.270 e. The van der Waals surface area contributed by atoms with Gasteiger partial charge in [-0.3, -0.25) is 4.79 Å². The van der Waals surface area contributed by atoms with Crippen molar-refractivity contribution in [3.8, 4) is 11.5 Å². The van der Waals surface area contributed by atoms with Crippen LogP contribution in [-0.4, -0.2) is 17.7 Å². The number of hydrogen-bond donors (Lipinski definition) is 1. The second-order valence-electron chi connectivity index (χ2n) is 5.70. The fraction of sp³-hybridized carbons (Fsp3) is 0.158. The summed E-state index contributed by atoms with van der Waals surface area (Å²) >= 11 is 0. The summed E-state index contributed by atoms with van der Waals surface area (Å²) < 4.78 is 10.7. The summed E-state index contributed by atoms with van der Waals surface area (Å²) in [6.07, 6.45) is 0. The van der Waals surface area contributed by atoms with Gasteiger partial charge in [-0.25, -0.2) is 4.98 Å². The minimum Gasteiger partial charge on any atom is -0.454 e. The number of aromatic nitrogens is 1. The minimum absolute atomic E-state index is 0.166. The number of amides is 1. The zero-order valence-electron chi connectivity index (χ0n) is 13.2. The molecule has 0 fully saturated rings. The highest BCUT2D eigenvalue weighted by atomic mass is 16.7. The minimum atomic E-state index is -0.203. The quantitative estimate of drug-likeness (QED) is 0.803. The maximum atomic E-state index is 12.5. The van der Waals surface area contributed by atoms with E-state index in [1.54, 1.807) is 6.07 Å². The number of nitrogens with zero attached hydrogens (tertiary/aromatic N) is 1. The van der Waals surface area contributed by atoms with Crippen LogP contribution in [0.2, 0.25) is 0 Å². The van der Waals surface area contributed by atoms with E-state index in [1.807, 2.05) is 55.5 Å². The lowest BCUT2D eigenvalue weighted by atomic mass is 10.1. The van der Waals surface area contributed by atoms with E-state index in [0.29, 0.717) is 11.4 Å². The van der Waals surface area contributed by atoms with Crippen LogP contribution in [0.5, 0.6) is 11.5 Å². The summed E-state index contributed by atoms with van der Waals surface area (Å²) in [6.45, 7) is 2.16. The number of pyridine rings is 1. The topological polar surface area (TPSA) is 60.5 Å². The average Bonchev–Trinajstić information content (AvgIpc) is 3.08. The van der Waals surface area contributed by atoms with Gasteiger partial charge in [-0.2, -0.15) is 0 Å². The lowest BCUT2D eigenvalue weighted by Gasteiger charge is -2.14. The van der Waals surface area contributed by atoms with Crippen LogP contribution in [-0.2, 0) is 0 Å². The molecule has 0 spiro atoms. The number of para-hydroxylation sites is 1. The predicted molar refractivity (Wildman–Crippen MR) is 90.2 cm³/mol. The summed E-state index contributed by atoms with van der Waals surface area (Å²) in [4.78, 5) is 16.9. The number of fused-ring (bicyclic) bond motifs is 2. The van der Waals surface area contributed by atoms with E-state index < -0.39 is 0 Å². The molecule has 4 rings (SSSR count). The number of nitrogens with one attached hydrogen (secondary N) is 1. The first kappa shape index (κ1) is 14.5. The summed E-state index contributed by atoms with van der Waals surface area (Å²) in [5.41, 5.74) is 2.16. The summed E-state index contributed by atoms with van der Waals surface area (Å²) in [5.74, 6) is 1.23. The highest BCUT2D eigenvalue weighted by molar-refractivity contribution is 5.95. The van der Waals surface area contributed by atoms with Crippen LogP contribution in [0.3, 0.4) is 0 Å². The number of benzene rings is 2. The molecular formula is C19H16N2O3. The zero-order chi connectivity index (χ0) is 16.5. The molecule has 5 heteroatoms. The molecule has 2 aromatic carbocycles. The number of carbonyl (C=O) groups is 1. The Kier molecular flexibility index (Phi) is 3.54. The van der Waals surface area contributed by atoms with Crippen molar-refractivity contribution in [1.82, 2.24) is 10.3 Å². The van der Waals surface area contributed by atoms with E-state index >= 15 is 0 Å². The Morgan fingerprint density at radius 3 is 2.83 bits per heavy atom. The highest BCUT2D eigenvalue weighted by Crippen LogP contribution is 2.34. The van der Waals surface area contributed by atoms with Crippen LogP contribution in [0.1, 0.15) is 29.0 Å². The number of rotatable bonds is 3. The van der Waals surface area contributed by atoms with Gasteiger partial charge >= 0.3 is 0 Å². The van der Waals surface area contributed by atoms with Crippen LogP contribution < -0.4 is 14.8 Å². The SMILES string of the molecule is C[C@@H](NC(=O)c1ccc2ccccc2n1)c1ccc2c(c1)OCO2. The van der Waals surface area contributed by atoms with Crippen LogP contribution in [0.15, 0.2) is 54.6 Å². The second-order valence-corrected chi connectivity index (χ2v) is 5.70. The molecule has 0 saturated carbocycles. The Bertz CT molecular complexity index is 923. The van der Waals surface area contributed by atoms with Gasteiger partial charge in [-0.15, -0.1) is 0 Å². The van der Waals surface area contributed by atoms with Crippen molar-refractivity contribution in [2.24, 2.45) is 0 Å². The molecule has 1 aliphatic rings. The molecule has 120 valence electrons. The summed E-state index contributed by atoms with van der Waals surface area (Å²) in [7, 11) is 0. The standard InChI is InChI=1S/C19H16N2O3/c1-12(14-7-9-17-18(10-14)24-11-23-17)20-19(22)16-8-6-13-4-2-3-5-15(13)21-16/h2-10,12H,11H2,1H3,(H,20,22)/t12-/m1/s1. The number of ether oxygens (including phenoxy) is 2. The molecule has 5 nitrogen and oxygen atoms in total. The monoisotopic (exact) mass is 320 g/mol. The molecule has 0 aliphatic carbocycles. The van der Waals surface area contributed by atoms with Crippen molar-refractivity contribution >= 4 is 16.8 Å². The van der Waals surface area contributed by atoms with Crippen molar-refractivity contribution in [2.75, 3.05) is 6.79 Å². The van der Waals surface area contributed by atoms with Crippen LogP contribution in [0.25, 0.3) is 10.9 Å². The third-order valence-corrected chi connectivity index (χ3v) is 4.08. The average molecular weight is 320 g/mol. The molecule has 1 atom stereocenters. The molecule has 0 radical (unpaired) electrons. The number of hydrogen-bond acceptors (Lipinski definition) is 4. The molecule has 1 aromatic heterocycles. The molecule has 0 bridgehead atoms. The first-order valence-corrected chi connectivity index (χ1v) is 7.77. The van der Waals surface area contributed by atoms with Gasteiger partial charge < -0.3 is 14.8 Å². The van der Waals surface area contributed by atoms with Crippen LogP contribution in [0, 0.1) is 0 Å². The lowest BCUT2D eigenvalue weighted by molar-refractivity contribution is 0.0935. The molecule has 1 N–H and O–H groups in total. The number of carbonyl (C=O) groups excluding carboxylic acids is 1. The van der Waals surface area contributed by atoms with Gasteiger partial charge in [0.2, 0.25) is 6.79 Å². The lowest BCUT2D eigenvalue weighted by Crippen LogP contribution is -2.27. The van der Waals surface area contributed by atoms with E-state index in [4.69, 9.17) is 9.47 Å². The first-order chi connectivity index (χ1) is 11.7. The van der Waals surface area contributed by atoms with Gasteiger partial charge in [-0.1, -0.05) is 30.3 Å². The van der Waals surface area contributed by atoms with E-state index in [0.717, 1.165) is 22.2 Å². The van der Waals surface area contributed by atoms with Crippen molar-refractivity contribution in [3.05, 3.63) is 65.9 Å². The van der Waals surface area contributed by atoms with Crippen molar-refractivity contribution < 1.29 is 14.3 Å². The van der Waals surface area contributed by atoms with Gasteiger partial charge in [0.1, 0.15) is 5.69 Å². The van der Waals surface area contributed by atoms with Gasteiger partial charge in [0.15, 0.2) is 11.5 Å². The van der Waals surface area contributed by atoms with Crippen molar-refractivity contribution in [2.45, 2.75) is 13.0 Å². The van der Waals surface area contributed by atoms with Gasteiger partial charge in [0.05, 0.1) is 11.6 Å². The molecule has 1 aliphatic heterocycles. The molecule has 2 heterocycles. The van der Waals surface area contributed by atoms with Crippen LogP contribution in [0.4, 0.5) is 0 Å². The summed E-state index contributed by atoms with van der Waals surface area (Å²) in [5, 5.41) is 3.98. The van der Waals surface area contributed by atoms with Crippen molar-refractivity contribution in [3.63, 3.8) is 0 Å². The largest absolute Gasteiger partial charge is 0.454 e. The molecule has 3 aromatic rings. The fourth-order valence-corrected chi connectivity index (χ4v) is 2.73. The predicted octanol–water partition coefficient (Wildman–Crippen LogP) is 3.45. The van der Waals surface area contributed by atoms with E-state index in [1.165, 1.54) is 0 Å². The fourth-order valence-electron chi connectivity index (χ4n) is 2.73. The van der Waals surface area contributed by atoms with E-state index in [9.17, 15) is 4.79 Å². The maximum Gasteiger partial charge on any atom is 0.270 e. The van der Waals surface area contributed by atoms with E-state index in [-0.39, 0.29) is 18.7 Å². The van der Waals surface area contributed by atoms with E-state index in [2.05, 4.69) is 10.3 Å². The molecular weight excluding hydrogens is 304 g/mol. The Labute approximate surface area is 139 Å². The normalized spacial score (nSPS) is 13.7. The van der Waals surface area contributed by atoms with Crippen LogP contribution >= 0.6 is 0 Å². The van der Waals surface area contributed by atoms with Gasteiger partial charge in [0, 0.05) is 5.39 Å². The molecule has 1 amide bonds.